The largest absolute Gasteiger partial charge is 0.462 e. The Morgan fingerprint density at radius 2 is 0.542 bits per heavy atom. The summed E-state index contributed by atoms with van der Waals surface area (Å²) in [5, 5.41) is 0. The number of esters is 3. The molecule has 0 N–H and O–H groups in total. The smallest absolute Gasteiger partial charge is 0.306 e. The molecule has 0 aromatic rings. The molecular weight excluding hydrogens is 889 g/mol. The molecule has 0 aliphatic rings. The van der Waals surface area contributed by atoms with E-state index in [-0.39, 0.29) is 31.1 Å². The Balaban J connectivity index is 4.45. The highest BCUT2D eigenvalue weighted by atomic mass is 16.6. The average Bonchev–Trinajstić information content (AvgIpc) is 3.38. The molecule has 1 unspecified atom stereocenters. The lowest BCUT2D eigenvalue weighted by Gasteiger charge is -2.18. The van der Waals surface area contributed by atoms with Crippen LogP contribution < -0.4 is 0 Å². The molecule has 72 heavy (non-hydrogen) atoms. The van der Waals surface area contributed by atoms with Gasteiger partial charge in [0.05, 0.1) is 0 Å². The van der Waals surface area contributed by atoms with E-state index in [0.29, 0.717) is 19.3 Å². The van der Waals surface area contributed by atoms with E-state index in [1.165, 1.54) is 89.9 Å². The van der Waals surface area contributed by atoms with Gasteiger partial charge in [0.2, 0.25) is 0 Å². The van der Waals surface area contributed by atoms with E-state index in [9.17, 15) is 14.4 Å². The Bertz CT molecular complexity index is 1470. The molecular formula is C66H110O6. The molecule has 0 aliphatic carbocycles. The monoisotopic (exact) mass is 999 g/mol. The third-order valence-electron chi connectivity index (χ3n) is 12.5. The van der Waals surface area contributed by atoms with Crippen LogP contribution in [0.25, 0.3) is 0 Å². The minimum atomic E-state index is -0.798. The van der Waals surface area contributed by atoms with Gasteiger partial charge < -0.3 is 14.2 Å². The lowest BCUT2D eigenvalue weighted by atomic mass is 10.1. The van der Waals surface area contributed by atoms with E-state index in [1.807, 2.05) is 0 Å². The number of carbonyl (C=O) groups excluding carboxylic acids is 3. The van der Waals surface area contributed by atoms with Gasteiger partial charge in [0, 0.05) is 19.3 Å². The maximum atomic E-state index is 12.9. The van der Waals surface area contributed by atoms with Gasteiger partial charge in [-0.2, -0.15) is 0 Å². The second-order valence-corrected chi connectivity index (χ2v) is 19.5. The van der Waals surface area contributed by atoms with Crippen LogP contribution in [-0.2, 0) is 28.6 Å². The Kier molecular flexibility index (Phi) is 56.4. The first-order valence-electron chi connectivity index (χ1n) is 29.9. The summed E-state index contributed by atoms with van der Waals surface area (Å²) in [4.78, 5) is 38.2. The molecule has 0 aliphatic heterocycles. The highest BCUT2D eigenvalue weighted by molar-refractivity contribution is 5.71. The maximum Gasteiger partial charge on any atom is 0.306 e. The van der Waals surface area contributed by atoms with Crippen molar-refractivity contribution >= 4 is 17.9 Å². The van der Waals surface area contributed by atoms with E-state index in [4.69, 9.17) is 14.2 Å². The quantitative estimate of drug-likeness (QED) is 0.0261. The van der Waals surface area contributed by atoms with E-state index < -0.39 is 6.10 Å². The molecule has 0 aromatic heterocycles. The van der Waals surface area contributed by atoms with E-state index in [0.717, 1.165) is 141 Å². The molecule has 0 aromatic carbocycles. The number of rotatable bonds is 53. The third kappa shape index (κ3) is 57.0. The summed E-state index contributed by atoms with van der Waals surface area (Å²) in [5.41, 5.74) is 0. The van der Waals surface area contributed by atoms with Crippen molar-refractivity contribution < 1.29 is 28.6 Å². The molecule has 6 nitrogen and oxygen atoms in total. The summed E-state index contributed by atoms with van der Waals surface area (Å²) >= 11 is 0. The highest BCUT2D eigenvalue weighted by Crippen LogP contribution is 2.15. The molecule has 0 saturated carbocycles. The summed E-state index contributed by atoms with van der Waals surface area (Å²) in [6.07, 6.45) is 80.7. The topological polar surface area (TPSA) is 78.9 Å². The van der Waals surface area contributed by atoms with Crippen molar-refractivity contribution in [3.8, 4) is 0 Å². The van der Waals surface area contributed by atoms with Crippen LogP contribution in [0.3, 0.4) is 0 Å². The molecule has 0 bridgehead atoms. The summed E-state index contributed by atoms with van der Waals surface area (Å²) < 4.78 is 16.9. The highest BCUT2D eigenvalue weighted by Gasteiger charge is 2.19. The summed E-state index contributed by atoms with van der Waals surface area (Å²) in [6.45, 7) is 6.39. The first-order chi connectivity index (χ1) is 35.5. The average molecular weight is 1000 g/mol. The van der Waals surface area contributed by atoms with Gasteiger partial charge in [0.15, 0.2) is 6.10 Å². The second-order valence-electron chi connectivity index (χ2n) is 19.5. The predicted octanol–water partition coefficient (Wildman–Crippen LogP) is 20.3. The zero-order valence-corrected chi connectivity index (χ0v) is 46.9. The lowest BCUT2D eigenvalue weighted by molar-refractivity contribution is -0.167. The van der Waals surface area contributed by atoms with E-state index in [1.54, 1.807) is 0 Å². The number of hydrogen-bond acceptors (Lipinski definition) is 6. The van der Waals surface area contributed by atoms with Crippen molar-refractivity contribution in [3.05, 3.63) is 109 Å². The Morgan fingerprint density at radius 1 is 0.292 bits per heavy atom. The Hall–Kier alpha value is -3.93. The van der Waals surface area contributed by atoms with Crippen LogP contribution in [0.5, 0.6) is 0 Å². The zero-order valence-electron chi connectivity index (χ0n) is 46.9. The van der Waals surface area contributed by atoms with Crippen molar-refractivity contribution in [1.29, 1.82) is 0 Å². The number of ether oxygens (including phenoxy) is 3. The molecule has 6 heteroatoms. The van der Waals surface area contributed by atoms with Crippen LogP contribution in [0, 0.1) is 0 Å². The molecule has 0 radical (unpaired) electrons. The summed E-state index contributed by atoms with van der Waals surface area (Å²) in [5.74, 6) is -0.927. The molecule has 0 saturated heterocycles. The van der Waals surface area contributed by atoms with Crippen LogP contribution in [-0.4, -0.2) is 37.2 Å². The summed E-state index contributed by atoms with van der Waals surface area (Å²) in [6, 6.07) is 0. The van der Waals surface area contributed by atoms with E-state index in [2.05, 4.69) is 130 Å². The van der Waals surface area contributed by atoms with Gasteiger partial charge in [-0.1, -0.05) is 239 Å². The maximum absolute atomic E-state index is 12.9. The Morgan fingerprint density at radius 3 is 0.861 bits per heavy atom. The van der Waals surface area contributed by atoms with Crippen molar-refractivity contribution in [2.75, 3.05) is 13.2 Å². The number of hydrogen-bond donors (Lipinski definition) is 0. The van der Waals surface area contributed by atoms with Crippen LogP contribution in [0.2, 0.25) is 0 Å². The summed E-state index contributed by atoms with van der Waals surface area (Å²) in [7, 11) is 0. The van der Waals surface area contributed by atoms with Crippen LogP contribution in [0.15, 0.2) is 109 Å². The minimum absolute atomic E-state index is 0.0938. The van der Waals surface area contributed by atoms with E-state index >= 15 is 0 Å². The van der Waals surface area contributed by atoms with Crippen LogP contribution in [0.1, 0.15) is 271 Å². The second kappa shape index (κ2) is 59.6. The minimum Gasteiger partial charge on any atom is -0.462 e. The molecule has 0 amide bonds. The lowest BCUT2D eigenvalue weighted by Crippen LogP contribution is -2.30. The number of unbranched alkanes of at least 4 members (excludes halogenated alkanes) is 24. The van der Waals surface area contributed by atoms with Crippen molar-refractivity contribution in [1.82, 2.24) is 0 Å². The SMILES string of the molecule is CC/C=C\C/C=C\C/C=C\C/C=C\C/C=C\CCCCCCCC(=O)OCC(COC(=O)CCCCCCC/C=C\CCCCCCCCC)OC(=O)CCCCCCCCC/C=C\C/C=C\C/C=C\CC. The standard InChI is InChI=1S/C66H110O6/c1-4-7-10-13-16-19-22-25-28-31-32-33-34-36-38-41-44-47-50-53-56-59-65(68)71-62-63(61-70-64(67)58-55-52-49-46-43-40-37-30-27-24-21-18-15-12-9-6-3)72-66(69)60-57-54-51-48-45-42-39-35-29-26-23-20-17-14-11-8-5-2/h7-8,10-11,16-17,19-20,25-26,28-30,32-33,36-38,63H,4-6,9,12-15,18,21-24,27,31,34-35,39-62H2,1-3H3/b10-7-,11-8-,19-16-,20-17-,28-25-,29-26-,33-32-,37-30-,38-36-. The first kappa shape index (κ1) is 68.1. The van der Waals surface area contributed by atoms with Crippen molar-refractivity contribution in [2.45, 2.75) is 277 Å². The molecule has 410 valence electrons. The molecule has 0 rings (SSSR count). The van der Waals surface area contributed by atoms with Crippen molar-refractivity contribution in [3.63, 3.8) is 0 Å². The fourth-order valence-electron chi connectivity index (χ4n) is 8.07. The molecule has 0 spiro atoms. The molecule has 0 heterocycles. The van der Waals surface area contributed by atoms with Gasteiger partial charge in [-0.3, -0.25) is 14.4 Å². The van der Waals surface area contributed by atoms with Gasteiger partial charge in [0.25, 0.3) is 0 Å². The van der Waals surface area contributed by atoms with Gasteiger partial charge in [-0.05, 0) is 122 Å². The normalized spacial score (nSPS) is 12.9. The fourth-order valence-corrected chi connectivity index (χ4v) is 8.07. The van der Waals surface area contributed by atoms with Gasteiger partial charge in [-0.15, -0.1) is 0 Å². The zero-order chi connectivity index (χ0) is 52.2. The molecule has 1 atom stereocenters. The van der Waals surface area contributed by atoms with Crippen molar-refractivity contribution in [2.24, 2.45) is 0 Å². The Labute approximate surface area is 444 Å². The number of allylic oxidation sites excluding steroid dienone is 18. The fraction of sp³-hybridized carbons (Fsp3) is 0.682. The number of carbonyl (C=O) groups is 3. The van der Waals surface area contributed by atoms with Crippen LogP contribution in [0.4, 0.5) is 0 Å². The third-order valence-corrected chi connectivity index (χ3v) is 12.5. The van der Waals surface area contributed by atoms with Gasteiger partial charge in [-0.25, -0.2) is 0 Å². The van der Waals surface area contributed by atoms with Gasteiger partial charge in [0.1, 0.15) is 13.2 Å². The van der Waals surface area contributed by atoms with Gasteiger partial charge >= 0.3 is 17.9 Å². The van der Waals surface area contributed by atoms with Crippen LogP contribution >= 0.6 is 0 Å². The first-order valence-corrected chi connectivity index (χ1v) is 29.9. The predicted molar refractivity (Wildman–Crippen MR) is 311 cm³/mol. The molecule has 0 fully saturated rings.